The van der Waals surface area contributed by atoms with E-state index in [1.165, 1.54) is 12.8 Å². The van der Waals surface area contributed by atoms with Crippen LogP contribution in [0.2, 0.25) is 0 Å². The Morgan fingerprint density at radius 1 is 0.897 bits per heavy atom. The minimum Gasteiger partial charge on any atom is -0.378 e. The predicted octanol–water partition coefficient (Wildman–Crippen LogP) is 2.17. The first kappa shape index (κ1) is 20.4. The summed E-state index contributed by atoms with van der Waals surface area (Å²) in [6.07, 6.45) is 4.74. The molecule has 0 unspecified atom stereocenters. The quantitative estimate of drug-likeness (QED) is 0.779. The van der Waals surface area contributed by atoms with Gasteiger partial charge in [-0.1, -0.05) is 30.5 Å². The summed E-state index contributed by atoms with van der Waals surface area (Å²) in [6.45, 7) is 7.63. The lowest BCUT2D eigenvalue weighted by Gasteiger charge is -2.43. The fourth-order valence-electron chi connectivity index (χ4n) is 4.98. The number of carbonyl (C=O) groups excluding carboxylic acids is 2. The Hall–Kier alpha value is -1.92. The second kappa shape index (κ2) is 9.26. The number of benzene rings is 1. The Morgan fingerprint density at radius 3 is 2.14 bits per heavy atom. The van der Waals surface area contributed by atoms with E-state index < -0.39 is 0 Å². The fraction of sp³-hybridized carbons (Fsp3) is 0.652. The second-order valence-electron chi connectivity index (χ2n) is 8.62. The average Bonchev–Trinajstić information content (AvgIpc) is 3.29. The van der Waals surface area contributed by atoms with E-state index in [2.05, 4.69) is 4.90 Å². The first-order valence-corrected chi connectivity index (χ1v) is 11.1. The summed E-state index contributed by atoms with van der Waals surface area (Å²) in [5.41, 5.74) is 1.91. The van der Waals surface area contributed by atoms with Gasteiger partial charge in [-0.2, -0.15) is 0 Å². The van der Waals surface area contributed by atoms with Crippen LogP contribution in [0.5, 0.6) is 0 Å². The van der Waals surface area contributed by atoms with Gasteiger partial charge in [0.1, 0.15) is 0 Å². The summed E-state index contributed by atoms with van der Waals surface area (Å²) in [4.78, 5) is 32.5. The highest BCUT2D eigenvalue weighted by atomic mass is 16.5. The molecule has 158 valence electrons. The van der Waals surface area contributed by atoms with Gasteiger partial charge in [-0.15, -0.1) is 0 Å². The summed E-state index contributed by atoms with van der Waals surface area (Å²) in [5, 5.41) is 0. The van der Waals surface area contributed by atoms with Crippen LogP contribution in [0.1, 0.15) is 41.6 Å². The van der Waals surface area contributed by atoms with Gasteiger partial charge in [-0.05, 0) is 37.8 Å². The highest BCUT2D eigenvalue weighted by Gasteiger charge is 2.39. The highest BCUT2D eigenvalue weighted by Crippen LogP contribution is 2.32. The van der Waals surface area contributed by atoms with Gasteiger partial charge >= 0.3 is 0 Å². The SMILES string of the molecule is Cc1ccc(C(=O)N2CCN([C@@H](C(=O)N3CCOCC3)C3CCCC3)CC2)cc1. The highest BCUT2D eigenvalue weighted by molar-refractivity contribution is 5.94. The smallest absolute Gasteiger partial charge is 0.253 e. The number of rotatable bonds is 4. The number of nitrogens with zero attached hydrogens (tertiary/aromatic N) is 3. The van der Waals surface area contributed by atoms with Crippen LogP contribution in [0.15, 0.2) is 24.3 Å². The van der Waals surface area contributed by atoms with E-state index in [0.717, 1.165) is 37.1 Å². The molecule has 0 bridgehead atoms. The number of amides is 2. The molecule has 1 saturated carbocycles. The van der Waals surface area contributed by atoms with Crippen molar-refractivity contribution in [3.05, 3.63) is 35.4 Å². The zero-order chi connectivity index (χ0) is 20.2. The third-order valence-electron chi connectivity index (χ3n) is 6.72. The molecule has 4 rings (SSSR count). The number of hydrogen-bond acceptors (Lipinski definition) is 4. The van der Waals surface area contributed by atoms with Gasteiger partial charge < -0.3 is 14.5 Å². The van der Waals surface area contributed by atoms with Crippen LogP contribution in [0.4, 0.5) is 0 Å². The lowest BCUT2D eigenvalue weighted by Crippen LogP contribution is -2.59. The third kappa shape index (κ3) is 4.64. The van der Waals surface area contributed by atoms with Crippen molar-refractivity contribution in [1.29, 1.82) is 0 Å². The van der Waals surface area contributed by atoms with Crippen LogP contribution in [0, 0.1) is 12.8 Å². The molecule has 1 atom stereocenters. The molecule has 1 aromatic carbocycles. The Kier molecular flexibility index (Phi) is 6.50. The van der Waals surface area contributed by atoms with Gasteiger partial charge in [0, 0.05) is 44.8 Å². The molecule has 3 aliphatic rings. The number of piperazine rings is 1. The van der Waals surface area contributed by atoms with Crippen molar-refractivity contribution in [2.45, 2.75) is 38.6 Å². The summed E-state index contributed by atoms with van der Waals surface area (Å²) >= 11 is 0. The first-order valence-electron chi connectivity index (χ1n) is 11.1. The molecule has 0 N–H and O–H groups in total. The largest absolute Gasteiger partial charge is 0.378 e. The number of aryl methyl sites for hydroxylation is 1. The summed E-state index contributed by atoms with van der Waals surface area (Å²) in [6, 6.07) is 7.76. The molecule has 29 heavy (non-hydrogen) atoms. The van der Waals surface area contributed by atoms with E-state index in [-0.39, 0.29) is 17.9 Å². The van der Waals surface area contributed by atoms with Crippen molar-refractivity contribution in [3.8, 4) is 0 Å². The van der Waals surface area contributed by atoms with E-state index in [1.54, 1.807) is 0 Å². The molecule has 0 spiro atoms. The molecule has 6 heteroatoms. The summed E-state index contributed by atoms with van der Waals surface area (Å²) in [7, 11) is 0. The monoisotopic (exact) mass is 399 g/mol. The van der Waals surface area contributed by atoms with Gasteiger partial charge in [-0.25, -0.2) is 0 Å². The number of carbonyl (C=O) groups is 2. The van der Waals surface area contributed by atoms with Gasteiger partial charge in [0.25, 0.3) is 5.91 Å². The van der Waals surface area contributed by atoms with Crippen LogP contribution < -0.4 is 0 Å². The van der Waals surface area contributed by atoms with E-state index >= 15 is 0 Å². The minimum atomic E-state index is -0.0350. The van der Waals surface area contributed by atoms with E-state index in [0.29, 0.717) is 45.3 Å². The lowest BCUT2D eigenvalue weighted by atomic mass is 9.94. The topological polar surface area (TPSA) is 53.1 Å². The van der Waals surface area contributed by atoms with Gasteiger partial charge in [0.2, 0.25) is 5.91 Å². The van der Waals surface area contributed by atoms with Crippen LogP contribution in [-0.4, -0.2) is 85.0 Å². The molecule has 1 aromatic rings. The van der Waals surface area contributed by atoms with Crippen molar-refractivity contribution in [3.63, 3.8) is 0 Å². The molecule has 0 radical (unpaired) electrons. The molecule has 0 aromatic heterocycles. The molecule has 1 aliphatic carbocycles. The summed E-state index contributed by atoms with van der Waals surface area (Å²) in [5.74, 6) is 0.824. The van der Waals surface area contributed by atoms with Crippen molar-refractivity contribution in [2.24, 2.45) is 5.92 Å². The van der Waals surface area contributed by atoms with Crippen molar-refractivity contribution in [1.82, 2.24) is 14.7 Å². The van der Waals surface area contributed by atoms with Crippen LogP contribution in [-0.2, 0) is 9.53 Å². The van der Waals surface area contributed by atoms with E-state index in [1.807, 2.05) is 41.0 Å². The van der Waals surface area contributed by atoms with Crippen molar-refractivity contribution < 1.29 is 14.3 Å². The van der Waals surface area contributed by atoms with E-state index in [4.69, 9.17) is 4.74 Å². The second-order valence-corrected chi connectivity index (χ2v) is 8.62. The maximum absolute atomic E-state index is 13.4. The zero-order valence-corrected chi connectivity index (χ0v) is 17.5. The minimum absolute atomic E-state index is 0.0350. The molecule has 3 fully saturated rings. The molecule has 2 saturated heterocycles. The predicted molar refractivity (Wildman–Crippen MR) is 112 cm³/mol. The Balaban J connectivity index is 1.41. The fourth-order valence-corrected chi connectivity index (χ4v) is 4.98. The zero-order valence-electron chi connectivity index (χ0n) is 17.5. The normalized spacial score (nSPS) is 22.7. The third-order valence-corrected chi connectivity index (χ3v) is 6.72. The Bertz CT molecular complexity index is 701. The number of ether oxygens (including phenoxy) is 1. The van der Waals surface area contributed by atoms with Crippen LogP contribution in [0.3, 0.4) is 0 Å². The van der Waals surface area contributed by atoms with E-state index in [9.17, 15) is 9.59 Å². The lowest BCUT2D eigenvalue weighted by molar-refractivity contribution is -0.144. The van der Waals surface area contributed by atoms with Crippen molar-refractivity contribution >= 4 is 11.8 Å². The Morgan fingerprint density at radius 2 is 1.52 bits per heavy atom. The van der Waals surface area contributed by atoms with Crippen LogP contribution >= 0.6 is 0 Å². The maximum atomic E-state index is 13.4. The Labute approximate surface area is 173 Å². The molecule has 2 amide bonds. The molecular formula is C23H33N3O3. The molecule has 6 nitrogen and oxygen atoms in total. The van der Waals surface area contributed by atoms with Gasteiger partial charge in [0.15, 0.2) is 0 Å². The maximum Gasteiger partial charge on any atom is 0.253 e. The number of hydrogen-bond donors (Lipinski definition) is 0. The first-order chi connectivity index (χ1) is 14.1. The summed E-state index contributed by atoms with van der Waals surface area (Å²) < 4.78 is 5.44. The molecular weight excluding hydrogens is 366 g/mol. The number of morpholine rings is 1. The van der Waals surface area contributed by atoms with Crippen molar-refractivity contribution in [2.75, 3.05) is 52.5 Å². The average molecular weight is 400 g/mol. The molecule has 2 heterocycles. The standard InChI is InChI=1S/C23H33N3O3/c1-18-6-8-20(9-7-18)22(27)25-12-10-24(11-13-25)21(19-4-2-3-5-19)23(28)26-14-16-29-17-15-26/h6-9,19,21H,2-5,10-17H2,1H3/t21-/m1/s1. The van der Waals surface area contributed by atoms with Crippen LogP contribution in [0.25, 0.3) is 0 Å². The van der Waals surface area contributed by atoms with Gasteiger partial charge in [0.05, 0.1) is 19.3 Å². The van der Waals surface area contributed by atoms with Gasteiger partial charge in [-0.3, -0.25) is 14.5 Å². The molecule has 2 aliphatic heterocycles.